The number of carbonyl (C=O) groups excluding carboxylic acids is 2. The number of benzene rings is 1. The summed E-state index contributed by atoms with van der Waals surface area (Å²) in [4.78, 5) is 23.1. The number of rotatable bonds is 6. The van der Waals surface area contributed by atoms with Gasteiger partial charge in [0.15, 0.2) is 11.5 Å². The van der Waals surface area contributed by atoms with Crippen LogP contribution in [0.15, 0.2) is 18.2 Å². The number of nitrogens with one attached hydrogen (secondary N) is 2. The fraction of sp³-hybridized carbons (Fsp3) is 0.500. The van der Waals surface area contributed by atoms with Crippen LogP contribution in [0.3, 0.4) is 0 Å². The molecule has 0 bridgehead atoms. The zero-order chi connectivity index (χ0) is 16.8. The highest BCUT2D eigenvalue weighted by Gasteiger charge is 2.21. The molecule has 2 amide bonds. The number of hydrogen-bond donors (Lipinski definition) is 3. The lowest BCUT2D eigenvalue weighted by Crippen LogP contribution is -2.41. The fourth-order valence-corrected chi connectivity index (χ4v) is 2.36. The van der Waals surface area contributed by atoms with Crippen molar-refractivity contribution in [1.29, 1.82) is 0 Å². The number of ether oxygens (including phenoxy) is 2. The lowest BCUT2D eigenvalue weighted by molar-refractivity contribution is -0.126. The van der Waals surface area contributed by atoms with Gasteiger partial charge < -0.3 is 25.8 Å². The van der Waals surface area contributed by atoms with Crippen molar-refractivity contribution in [1.82, 2.24) is 10.6 Å². The molecular formula is C16H24ClN3O4. The van der Waals surface area contributed by atoms with Crippen molar-refractivity contribution >= 4 is 24.2 Å². The Bertz CT molecular complexity index is 580. The molecule has 1 aliphatic heterocycles. The van der Waals surface area contributed by atoms with Crippen LogP contribution in [0.1, 0.15) is 25.5 Å². The standard InChI is InChI=1S/C16H23N3O4.ClH/c1-10(2)16(19-15(21)9-18-14(20)8-17)11-3-4-12-13(7-11)23-6-5-22-12;/h3-4,7,10,16H,5-6,8-9,17H2,1-2H3,(H,18,20)(H,19,21);1H. The Morgan fingerprint density at radius 3 is 2.46 bits per heavy atom. The van der Waals surface area contributed by atoms with Crippen LogP contribution in [0.25, 0.3) is 0 Å². The Kier molecular flexibility index (Phi) is 7.81. The molecule has 24 heavy (non-hydrogen) atoms. The van der Waals surface area contributed by atoms with Crippen molar-refractivity contribution in [2.24, 2.45) is 11.7 Å². The predicted molar refractivity (Wildman–Crippen MR) is 92.5 cm³/mol. The first-order chi connectivity index (χ1) is 11.0. The molecule has 0 aromatic heterocycles. The summed E-state index contributed by atoms with van der Waals surface area (Å²) >= 11 is 0. The summed E-state index contributed by atoms with van der Waals surface area (Å²) in [7, 11) is 0. The molecule has 8 heteroatoms. The van der Waals surface area contributed by atoms with Gasteiger partial charge in [0.05, 0.1) is 19.1 Å². The lowest BCUT2D eigenvalue weighted by Gasteiger charge is -2.25. The summed E-state index contributed by atoms with van der Waals surface area (Å²) in [6, 6.07) is 5.46. The third kappa shape index (κ3) is 5.28. The maximum Gasteiger partial charge on any atom is 0.239 e. The average Bonchev–Trinajstić information content (AvgIpc) is 2.56. The van der Waals surface area contributed by atoms with Crippen LogP contribution < -0.4 is 25.8 Å². The number of nitrogens with two attached hydrogens (primary N) is 1. The van der Waals surface area contributed by atoms with Gasteiger partial charge in [0.2, 0.25) is 11.8 Å². The van der Waals surface area contributed by atoms with Crippen LogP contribution in [-0.4, -0.2) is 38.1 Å². The Morgan fingerprint density at radius 1 is 1.17 bits per heavy atom. The van der Waals surface area contributed by atoms with Gasteiger partial charge >= 0.3 is 0 Å². The van der Waals surface area contributed by atoms with E-state index < -0.39 is 0 Å². The largest absolute Gasteiger partial charge is 0.486 e. The van der Waals surface area contributed by atoms with E-state index in [0.717, 1.165) is 5.56 Å². The van der Waals surface area contributed by atoms with E-state index in [4.69, 9.17) is 15.2 Å². The fourth-order valence-electron chi connectivity index (χ4n) is 2.36. The maximum absolute atomic E-state index is 12.0. The third-order valence-electron chi connectivity index (χ3n) is 3.54. The van der Waals surface area contributed by atoms with Crippen LogP contribution >= 0.6 is 12.4 Å². The van der Waals surface area contributed by atoms with Crippen molar-refractivity contribution in [2.75, 3.05) is 26.3 Å². The normalized spacial score (nSPS) is 13.7. The van der Waals surface area contributed by atoms with Gasteiger partial charge in [-0.1, -0.05) is 19.9 Å². The Labute approximate surface area is 147 Å². The van der Waals surface area contributed by atoms with E-state index in [2.05, 4.69) is 10.6 Å². The van der Waals surface area contributed by atoms with E-state index in [1.807, 2.05) is 32.0 Å². The zero-order valence-electron chi connectivity index (χ0n) is 13.8. The van der Waals surface area contributed by atoms with Gasteiger partial charge in [-0.25, -0.2) is 0 Å². The van der Waals surface area contributed by atoms with Gasteiger partial charge in [0.1, 0.15) is 13.2 Å². The number of hydrogen-bond acceptors (Lipinski definition) is 5. The van der Waals surface area contributed by atoms with Crippen LogP contribution in [0.5, 0.6) is 11.5 Å². The quantitative estimate of drug-likeness (QED) is 0.697. The predicted octanol–water partition coefficient (Wildman–Crippen LogP) is 0.768. The lowest BCUT2D eigenvalue weighted by atomic mass is 9.95. The van der Waals surface area contributed by atoms with Gasteiger partial charge in [-0.2, -0.15) is 0 Å². The molecule has 0 spiro atoms. The van der Waals surface area contributed by atoms with Crippen LogP contribution in [0.4, 0.5) is 0 Å². The molecule has 1 aliphatic rings. The van der Waals surface area contributed by atoms with Gasteiger partial charge in [0.25, 0.3) is 0 Å². The number of amides is 2. The van der Waals surface area contributed by atoms with Crippen LogP contribution in [0.2, 0.25) is 0 Å². The van der Waals surface area contributed by atoms with Crippen molar-refractivity contribution in [3.8, 4) is 11.5 Å². The maximum atomic E-state index is 12.0. The molecule has 4 N–H and O–H groups in total. The summed E-state index contributed by atoms with van der Waals surface area (Å²) < 4.78 is 11.1. The second kappa shape index (κ2) is 9.34. The first kappa shape index (κ1) is 20.1. The zero-order valence-corrected chi connectivity index (χ0v) is 14.7. The Morgan fingerprint density at radius 2 is 1.83 bits per heavy atom. The summed E-state index contributed by atoms with van der Waals surface area (Å²) in [6.07, 6.45) is 0. The second-order valence-corrected chi connectivity index (χ2v) is 5.67. The number of halogens is 1. The van der Waals surface area contributed by atoms with Gasteiger partial charge in [-0.15, -0.1) is 12.4 Å². The van der Waals surface area contributed by atoms with Crippen molar-refractivity contribution < 1.29 is 19.1 Å². The molecule has 0 saturated heterocycles. The first-order valence-electron chi connectivity index (χ1n) is 7.67. The molecule has 1 aromatic carbocycles. The van der Waals surface area contributed by atoms with Crippen LogP contribution in [-0.2, 0) is 9.59 Å². The van der Waals surface area contributed by atoms with Crippen molar-refractivity contribution in [3.63, 3.8) is 0 Å². The van der Waals surface area contributed by atoms with E-state index in [1.165, 1.54) is 0 Å². The average molecular weight is 358 g/mol. The Hall–Kier alpha value is -1.99. The Balaban J connectivity index is 0.00000288. The van der Waals surface area contributed by atoms with Crippen LogP contribution in [0, 0.1) is 5.92 Å². The topological polar surface area (TPSA) is 103 Å². The van der Waals surface area contributed by atoms with E-state index >= 15 is 0 Å². The van der Waals surface area contributed by atoms with Gasteiger partial charge in [-0.3, -0.25) is 9.59 Å². The minimum atomic E-state index is -0.361. The second-order valence-electron chi connectivity index (χ2n) is 5.67. The minimum Gasteiger partial charge on any atom is -0.486 e. The molecule has 0 fully saturated rings. The SMILES string of the molecule is CC(C)C(NC(=O)CNC(=O)CN)c1ccc2c(c1)OCCO2.Cl. The number of fused-ring (bicyclic) bond motifs is 1. The van der Waals surface area contributed by atoms with Crippen molar-refractivity contribution in [2.45, 2.75) is 19.9 Å². The molecule has 7 nitrogen and oxygen atoms in total. The summed E-state index contributed by atoms with van der Waals surface area (Å²) in [5, 5.41) is 5.39. The number of carbonyl (C=O) groups is 2. The monoisotopic (exact) mass is 357 g/mol. The molecule has 0 saturated carbocycles. The molecule has 1 unspecified atom stereocenters. The highest BCUT2D eigenvalue weighted by atomic mass is 35.5. The third-order valence-corrected chi connectivity index (χ3v) is 3.54. The first-order valence-corrected chi connectivity index (χ1v) is 7.67. The molecule has 1 atom stereocenters. The van der Waals surface area contributed by atoms with Crippen molar-refractivity contribution in [3.05, 3.63) is 23.8 Å². The van der Waals surface area contributed by atoms with E-state index in [9.17, 15) is 9.59 Å². The highest BCUT2D eigenvalue weighted by molar-refractivity contribution is 5.86. The summed E-state index contributed by atoms with van der Waals surface area (Å²) in [5.74, 6) is 0.946. The van der Waals surface area contributed by atoms with E-state index in [0.29, 0.717) is 24.7 Å². The summed E-state index contributed by atoms with van der Waals surface area (Å²) in [5.41, 5.74) is 6.13. The molecular weight excluding hydrogens is 334 g/mol. The molecule has 0 aliphatic carbocycles. The van der Waals surface area contributed by atoms with E-state index in [-0.39, 0.29) is 49.3 Å². The molecule has 2 rings (SSSR count). The molecule has 134 valence electrons. The molecule has 1 heterocycles. The van der Waals surface area contributed by atoms with E-state index in [1.54, 1.807) is 0 Å². The molecule has 0 radical (unpaired) electrons. The minimum absolute atomic E-state index is 0. The molecule has 1 aromatic rings. The van der Waals surface area contributed by atoms with Gasteiger partial charge in [0, 0.05) is 0 Å². The smallest absolute Gasteiger partial charge is 0.239 e. The van der Waals surface area contributed by atoms with Gasteiger partial charge in [-0.05, 0) is 23.6 Å². The highest BCUT2D eigenvalue weighted by Crippen LogP contribution is 2.34. The summed E-state index contributed by atoms with van der Waals surface area (Å²) in [6.45, 7) is 4.85.